The molecule has 522 valence electrons. The Hall–Kier alpha value is -1.94. The molecule has 0 aliphatic heterocycles. The summed E-state index contributed by atoms with van der Waals surface area (Å²) in [5.41, 5.74) is 0. The molecule has 0 heterocycles. The third-order valence-electron chi connectivity index (χ3n) is 16.0. The first kappa shape index (κ1) is 86.1. The number of phosphoric ester groups is 2. The lowest BCUT2D eigenvalue weighted by Crippen LogP contribution is -2.30. The third-order valence-corrected chi connectivity index (χ3v) is 17.9. The predicted molar refractivity (Wildman–Crippen MR) is 354 cm³/mol. The molecule has 0 aromatic heterocycles. The molecule has 0 fully saturated rings. The van der Waals surface area contributed by atoms with Crippen LogP contribution in [0.15, 0.2) is 0 Å². The molecule has 0 bridgehead atoms. The maximum atomic E-state index is 13.0. The second-order valence-electron chi connectivity index (χ2n) is 25.4. The van der Waals surface area contributed by atoms with Crippen LogP contribution in [0.1, 0.15) is 356 Å². The lowest BCUT2D eigenvalue weighted by atomic mass is 10.0. The van der Waals surface area contributed by atoms with Gasteiger partial charge in [0.2, 0.25) is 0 Å². The summed E-state index contributed by atoms with van der Waals surface area (Å²) < 4.78 is 68.0. The minimum atomic E-state index is -4.95. The fourth-order valence-corrected chi connectivity index (χ4v) is 12.0. The van der Waals surface area contributed by atoms with Crippen LogP contribution in [0.4, 0.5) is 0 Å². The van der Waals surface area contributed by atoms with Gasteiger partial charge in [-0.1, -0.05) is 304 Å². The van der Waals surface area contributed by atoms with Crippen LogP contribution in [0, 0.1) is 5.92 Å². The highest BCUT2D eigenvalue weighted by molar-refractivity contribution is 7.47. The normalized spacial score (nSPS) is 14.1. The largest absolute Gasteiger partial charge is 0.472 e. The number of aliphatic hydroxyl groups excluding tert-OH is 1. The number of carbonyl (C=O) groups is 4. The molecule has 0 aliphatic rings. The van der Waals surface area contributed by atoms with E-state index in [9.17, 15) is 43.2 Å². The summed E-state index contributed by atoms with van der Waals surface area (Å²) in [5, 5.41) is 10.5. The highest BCUT2D eigenvalue weighted by Gasteiger charge is 2.30. The van der Waals surface area contributed by atoms with Crippen LogP contribution in [-0.2, 0) is 65.4 Å². The van der Waals surface area contributed by atoms with Gasteiger partial charge in [-0.2, -0.15) is 0 Å². The Bertz CT molecular complexity index is 1700. The molecule has 0 aromatic rings. The lowest BCUT2D eigenvalue weighted by molar-refractivity contribution is -0.161. The Labute approximate surface area is 537 Å². The van der Waals surface area contributed by atoms with E-state index in [0.717, 1.165) is 102 Å². The molecule has 3 N–H and O–H groups in total. The Morgan fingerprint density at radius 3 is 0.773 bits per heavy atom. The zero-order valence-corrected chi connectivity index (χ0v) is 58.6. The molecule has 0 aliphatic carbocycles. The van der Waals surface area contributed by atoms with Gasteiger partial charge in [0.05, 0.1) is 26.4 Å². The van der Waals surface area contributed by atoms with Crippen molar-refractivity contribution in [2.24, 2.45) is 5.92 Å². The summed E-state index contributed by atoms with van der Waals surface area (Å²) in [6, 6.07) is 0. The lowest BCUT2D eigenvalue weighted by Gasteiger charge is -2.21. The molecule has 0 saturated carbocycles. The van der Waals surface area contributed by atoms with Crippen LogP contribution < -0.4 is 0 Å². The summed E-state index contributed by atoms with van der Waals surface area (Å²) in [7, 11) is -9.89. The van der Waals surface area contributed by atoms with E-state index in [4.69, 9.17) is 37.0 Å². The molecule has 5 atom stereocenters. The SMILES string of the molecule is CCCCCCCCCCCCCCCCCCCCCC(=O)O[C@H](COC(=O)CCCCCCCCCCCCC(C)C)COP(=O)(O)OC[C@@H](O)COP(=O)(O)OC[C@@H](COC(=O)CCCCCCC)OC(=O)CCCCCCCCCCCCC. The molecule has 88 heavy (non-hydrogen) atoms. The molecule has 17 nitrogen and oxygen atoms in total. The van der Waals surface area contributed by atoms with Crippen molar-refractivity contribution in [2.45, 2.75) is 374 Å². The molecule has 0 amide bonds. The van der Waals surface area contributed by atoms with Gasteiger partial charge in [0.25, 0.3) is 0 Å². The standard InChI is InChI=1S/C69H134O17P2/c1-6-9-12-15-17-19-21-22-23-24-25-26-27-28-30-36-40-45-50-55-69(74)86-65(59-80-67(72)53-48-43-38-34-32-31-33-37-42-46-51-62(4)5)61-84-88(77,78)82-57-63(70)56-81-87(75,76)83-60-64(58-79-66(71)52-47-41-14-11-8-3)85-68(73)54-49-44-39-35-29-20-18-16-13-10-7-2/h62-65,70H,6-61H2,1-5H3,(H,75,76)(H,77,78)/t63-,64+,65+/m0/s1. The molecule has 0 rings (SSSR count). The van der Waals surface area contributed by atoms with E-state index in [2.05, 4.69) is 34.6 Å². The van der Waals surface area contributed by atoms with Crippen molar-refractivity contribution >= 4 is 39.5 Å². The van der Waals surface area contributed by atoms with Crippen molar-refractivity contribution < 1.29 is 80.2 Å². The fourth-order valence-electron chi connectivity index (χ4n) is 10.5. The third kappa shape index (κ3) is 62.8. The molecule has 19 heteroatoms. The number of hydrogen-bond donors (Lipinski definition) is 3. The topological polar surface area (TPSA) is 237 Å². The van der Waals surface area contributed by atoms with Crippen molar-refractivity contribution in [2.75, 3.05) is 39.6 Å². The number of unbranched alkanes of at least 4 members (excludes halogenated alkanes) is 41. The first-order valence-electron chi connectivity index (χ1n) is 36.1. The summed E-state index contributed by atoms with van der Waals surface area (Å²) in [5.74, 6) is -1.38. The van der Waals surface area contributed by atoms with Gasteiger partial charge in [-0.25, -0.2) is 9.13 Å². The van der Waals surface area contributed by atoms with E-state index in [-0.39, 0.29) is 25.7 Å². The van der Waals surface area contributed by atoms with E-state index >= 15 is 0 Å². The number of esters is 4. The van der Waals surface area contributed by atoms with Crippen LogP contribution in [0.25, 0.3) is 0 Å². The van der Waals surface area contributed by atoms with Gasteiger partial charge < -0.3 is 33.8 Å². The van der Waals surface area contributed by atoms with Crippen molar-refractivity contribution in [1.82, 2.24) is 0 Å². The predicted octanol–water partition coefficient (Wildman–Crippen LogP) is 19.7. The molecular weight excluding hydrogens is 1160 g/mol. The van der Waals surface area contributed by atoms with Gasteiger partial charge in [0.1, 0.15) is 19.3 Å². The Balaban J connectivity index is 5.14. The number of hydrogen-bond acceptors (Lipinski definition) is 15. The van der Waals surface area contributed by atoms with E-state index in [1.807, 2.05) is 0 Å². The van der Waals surface area contributed by atoms with Crippen molar-refractivity contribution in [3.05, 3.63) is 0 Å². The van der Waals surface area contributed by atoms with Gasteiger partial charge in [-0.15, -0.1) is 0 Å². The molecule has 0 aromatic carbocycles. The fraction of sp³-hybridized carbons (Fsp3) is 0.942. The first-order chi connectivity index (χ1) is 42.5. The summed E-state index contributed by atoms with van der Waals surface area (Å²) in [6.45, 7) is 7.14. The van der Waals surface area contributed by atoms with Crippen molar-refractivity contribution in [3.63, 3.8) is 0 Å². The summed E-state index contributed by atoms with van der Waals surface area (Å²) >= 11 is 0. The molecule has 0 radical (unpaired) electrons. The van der Waals surface area contributed by atoms with Crippen LogP contribution in [-0.4, -0.2) is 96.7 Å². The highest BCUT2D eigenvalue weighted by atomic mass is 31.2. The van der Waals surface area contributed by atoms with Gasteiger partial charge in [-0.05, 0) is 31.6 Å². The maximum absolute atomic E-state index is 13.0. The van der Waals surface area contributed by atoms with Crippen LogP contribution in [0.5, 0.6) is 0 Å². The first-order valence-corrected chi connectivity index (χ1v) is 39.1. The molecule has 0 saturated heterocycles. The van der Waals surface area contributed by atoms with Crippen LogP contribution >= 0.6 is 15.6 Å². The van der Waals surface area contributed by atoms with Crippen molar-refractivity contribution in [1.29, 1.82) is 0 Å². The average molecular weight is 1300 g/mol. The Morgan fingerprint density at radius 2 is 0.523 bits per heavy atom. The van der Waals surface area contributed by atoms with Crippen molar-refractivity contribution in [3.8, 4) is 0 Å². The van der Waals surface area contributed by atoms with E-state index in [1.165, 1.54) is 173 Å². The van der Waals surface area contributed by atoms with Gasteiger partial charge >= 0.3 is 39.5 Å². The highest BCUT2D eigenvalue weighted by Crippen LogP contribution is 2.45. The van der Waals surface area contributed by atoms with Crippen LogP contribution in [0.2, 0.25) is 0 Å². The minimum absolute atomic E-state index is 0.106. The summed E-state index contributed by atoms with van der Waals surface area (Å²) in [6.07, 6.45) is 49.0. The Morgan fingerprint density at radius 1 is 0.307 bits per heavy atom. The van der Waals surface area contributed by atoms with E-state index < -0.39 is 97.5 Å². The van der Waals surface area contributed by atoms with Crippen LogP contribution in [0.3, 0.4) is 0 Å². The van der Waals surface area contributed by atoms with E-state index in [0.29, 0.717) is 25.7 Å². The number of phosphoric acid groups is 2. The number of rotatable bonds is 69. The van der Waals surface area contributed by atoms with Gasteiger partial charge in [0, 0.05) is 25.7 Å². The number of aliphatic hydroxyl groups is 1. The smallest absolute Gasteiger partial charge is 0.462 e. The maximum Gasteiger partial charge on any atom is 0.472 e. The van der Waals surface area contributed by atoms with E-state index in [1.54, 1.807) is 0 Å². The monoisotopic (exact) mass is 1300 g/mol. The summed E-state index contributed by atoms with van der Waals surface area (Å²) in [4.78, 5) is 72.2. The second kappa shape index (κ2) is 62.5. The average Bonchev–Trinajstić information content (AvgIpc) is 3.54. The quantitative estimate of drug-likeness (QED) is 0.0222. The molecular formula is C69H134O17P2. The number of ether oxygens (including phenoxy) is 4. The molecule has 2 unspecified atom stereocenters. The van der Waals surface area contributed by atoms with Gasteiger partial charge in [0.15, 0.2) is 12.2 Å². The Kier molecular flexibility index (Phi) is 61.1. The number of carbonyl (C=O) groups excluding carboxylic acids is 4. The zero-order valence-electron chi connectivity index (χ0n) is 56.9. The zero-order chi connectivity index (χ0) is 64.9. The minimum Gasteiger partial charge on any atom is -0.462 e. The van der Waals surface area contributed by atoms with Gasteiger partial charge in [-0.3, -0.25) is 37.3 Å². The molecule has 0 spiro atoms. The second-order valence-corrected chi connectivity index (χ2v) is 28.3.